The molecule has 0 saturated carbocycles. The summed E-state index contributed by atoms with van der Waals surface area (Å²) in [5.41, 5.74) is 3.70. The van der Waals surface area contributed by atoms with Crippen molar-refractivity contribution in [3.8, 4) is 0 Å². The van der Waals surface area contributed by atoms with Gasteiger partial charge in [-0.1, -0.05) is 13.3 Å². The number of halogens is 1. The molecule has 1 heterocycles. The summed E-state index contributed by atoms with van der Waals surface area (Å²) in [6.07, 6.45) is 3.33. The van der Waals surface area contributed by atoms with Gasteiger partial charge >= 0.3 is 0 Å². The summed E-state index contributed by atoms with van der Waals surface area (Å²) in [5, 5.41) is 11.1. The minimum absolute atomic E-state index is 0. The summed E-state index contributed by atoms with van der Waals surface area (Å²) in [7, 11) is 3.80. The smallest absolute Gasteiger partial charge is 0.190 e. The zero-order chi connectivity index (χ0) is 14.3. The van der Waals surface area contributed by atoms with Gasteiger partial charge < -0.3 is 10.6 Å². The maximum absolute atomic E-state index is 4.43. The van der Waals surface area contributed by atoms with Crippen LogP contribution in [-0.4, -0.2) is 35.9 Å². The van der Waals surface area contributed by atoms with Crippen LogP contribution in [0.15, 0.2) is 4.99 Å². The van der Waals surface area contributed by atoms with E-state index >= 15 is 0 Å². The molecule has 20 heavy (non-hydrogen) atoms. The van der Waals surface area contributed by atoms with Crippen molar-refractivity contribution >= 4 is 29.9 Å². The van der Waals surface area contributed by atoms with Crippen molar-refractivity contribution in [3.05, 3.63) is 17.0 Å². The molecular formula is C14H28IN5. The van der Waals surface area contributed by atoms with E-state index in [0.717, 1.165) is 31.2 Å². The molecule has 0 fully saturated rings. The summed E-state index contributed by atoms with van der Waals surface area (Å²) in [4.78, 5) is 4.21. The summed E-state index contributed by atoms with van der Waals surface area (Å²) in [6.45, 7) is 8.21. The first-order valence-corrected chi connectivity index (χ1v) is 7.03. The number of hydrogen-bond donors (Lipinski definition) is 2. The van der Waals surface area contributed by atoms with Crippen molar-refractivity contribution in [2.45, 2.75) is 40.0 Å². The van der Waals surface area contributed by atoms with Gasteiger partial charge in [-0.15, -0.1) is 24.0 Å². The standard InChI is InChI=1S/C14H27N5.HI/c1-6-7-9-16-14(15-4)17-10-8-13-11(2)18-19(5)12(13)3;/h6-10H2,1-5H3,(H2,15,16,17);1H. The second kappa shape index (κ2) is 10.0. The summed E-state index contributed by atoms with van der Waals surface area (Å²) >= 11 is 0. The predicted molar refractivity (Wildman–Crippen MR) is 96.1 cm³/mol. The quantitative estimate of drug-likeness (QED) is 0.337. The highest BCUT2D eigenvalue weighted by Gasteiger charge is 2.08. The van der Waals surface area contributed by atoms with Crippen LogP contribution in [0.2, 0.25) is 0 Å². The Balaban J connectivity index is 0.00000361. The lowest BCUT2D eigenvalue weighted by molar-refractivity contribution is 0.722. The number of unbranched alkanes of at least 4 members (excludes halogenated alkanes) is 1. The third kappa shape index (κ3) is 5.68. The molecule has 1 rings (SSSR count). The molecule has 0 aliphatic carbocycles. The Hall–Kier alpha value is -0.790. The first-order chi connectivity index (χ1) is 9.10. The summed E-state index contributed by atoms with van der Waals surface area (Å²) in [6, 6.07) is 0. The van der Waals surface area contributed by atoms with Crippen LogP contribution in [0.5, 0.6) is 0 Å². The second-order valence-corrected chi connectivity index (χ2v) is 4.80. The number of nitrogens with one attached hydrogen (secondary N) is 2. The normalized spacial score (nSPS) is 11.2. The first-order valence-electron chi connectivity index (χ1n) is 7.03. The fraction of sp³-hybridized carbons (Fsp3) is 0.714. The Bertz CT molecular complexity index is 425. The van der Waals surface area contributed by atoms with Gasteiger partial charge in [-0.2, -0.15) is 5.10 Å². The molecule has 0 bridgehead atoms. The van der Waals surface area contributed by atoms with E-state index in [9.17, 15) is 0 Å². The number of aryl methyl sites for hydroxylation is 2. The van der Waals surface area contributed by atoms with Crippen LogP contribution >= 0.6 is 24.0 Å². The number of nitrogens with zero attached hydrogens (tertiary/aromatic N) is 3. The number of aromatic nitrogens is 2. The Labute approximate surface area is 139 Å². The molecule has 0 aromatic carbocycles. The minimum Gasteiger partial charge on any atom is -0.356 e. The molecular weight excluding hydrogens is 365 g/mol. The summed E-state index contributed by atoms with van der Waals surface area (Å²) < 4.78 is 1.94. The highest BCUT2D eigenvalue weighted by atomic mass is 127. The SMILES string of the molecule is CCCCNC(=NC)NCCc1c(C)nn(C)c1C.I. The van der Waals surface area contributed by atoms with Crippen LogP contribution in [0.4, 0.5) is 0 Å². The van der Waals surface area contributed by atoms with Crippen molar-refractivity contribution in [2.75, 3.05) is 20.1 Å². The molecule has 0 spiro atoms. The van der Waals surface area contributed by atoms with Crippen molar-refractivity contribution < 1.29 is 0 Å². The van der Waals surface area contributed by atoms with E-state index in [1.807, 2.05) is 18.8 Å². The lowest BCUT2D eigenvalue weighted by atomic mass is 10.1. The van der Waals surface area contributed by atoms with Crippen LogP contribution in [0.1, 0.15) is 36.7 Å². The molecule has 6 heteroatoms. The molecule has 0 radical (unpaired) electrons. The molecule has 0 aliphatic rings. The minimum atomic E-state index is 0. The van der Waals surface area contributed by atoms with Crippen LogP contribution in [0.25, 0.3) is 0 Å². The average Bonchev–Trinajstić information content (AvgIpc) is 2.63. The van der Waals surface area contributed by atoms with Gasteiger partial charge in [-0.3, -0.25) is 9.67 Å². The van der Waals surface area contributed by atoms with Crippen molar-refractivity contribution in [3.63, 3.8) is 0 Å². The topological polar surface area (TPSA) is 54.2 Å². The van der Waals surface area contributed by atoms with E-state index in [0.29, 0.717) is 0 Å². The third-order valence-electron chi connectivity index (χ3n) is 3.37. The van der Waals surface area contributed by atoms with E-state index in [2.05, 4.69) is 41.5 Å². The zero-order valence-electron chi connectivity index (χ0n) is 13.3. The molecule has 0 aliphatic heterocycles. The molecule has 0 amide bonds. The Morgan fingerprint density at radius 1 is 1.25 bits per heavy atom. The van der Waals surface area contributed by atoms with Crippen molar-refractivity contribution in [1.82, 2.24) is 20.4 Å². The fourth-order valence-electron chi connectivity index (χ4n) is 2.09. The molecule has 1 aromatic heterocycles. The predicted octanol–water partition coefficient (Wildman–Crippen LogP) is 2.16. The maximum Gasteiger partial charge on any atom is 0.190 e. The molecule has 0 unspecified atom stereocenters. The second-order valence-electron chi connectivity index (χ2n) is 4.80. The number of rotatable bonds is 6. The lowest BCUT2D eigenvalue weighted by Crippen LogP contribution is -2.38. The van der Waals surface area contributed by atoms with Crippen LogP contribution in [-0.2, 0) is 13.5 Å². The van der Waals surface area contributed by atoms with Crippen molar-refractivity contribution in [1.29, 1.82) is 0 Å². The van der Waals surface area contributed by atoms with Crippen LogP contribution < -0.4 is 10.6 Å². The highest BCUT2D eigenvalue weighted by Crippen LogP contribution is 2.11. The van der Waals surface area contributed by atoms with E-state index in [1.165, 1.54) is 24.1 Å². The molecule has 116 valence electrons. The zero-order valence-corrected chi connectivity index (χ0v) is 15.6. The molecule has 1 aromatic rings. The largest absolute Gasteiger partial charge is 0.356 e. The lowest BCUT2D eigenvalue weighted by Gasteiger charge is -2.11. The Morgan fingerprint density at radius 3 is 2.40 bits per heavy atom. The van der Waals surface area contributed by atoms with Gasteiger partial charge in [0.05, 0.1) is 5.69 Å². The maximum atomic E-state index is 4.43. The van der Waals surface area contributed by atoms with Gasteiger partial charge in [0.15, 0.2) is 5.96 Å². The third-order valence-corrected chi connectivity index (χ3v) is 3.37. The first kappa shape index (κ1) is 19.2. The van der Waals surface area contributed by atoms with Crippen LogP contribution in [0.3, 0.4) is 0 Å². The van der Waals surface area contributed by atoms with Gasteiger partial charge in [0.25, 0.3) is 0 Å². The number of hydrogen-bond acceptors (Lipinski definition) is 2. The Kier molecular flexibility index (Phi) is 9.62. The van der Waals surface area contributed by atoms with Gasteiger partial charge in [0, 0.05) is 32.9 Å². The van der Waals surface area contributed by atoms with Crippen molar-refractivity contribution in [2.24, 2.45) is 12.0 Å². The monoisotopic (exact) mass is 393 g/mol. The summed E-state index contributed by atoms with van der Waals surface area (Å²) in [5.74, 6) is 0.882. The van der Waals surface area contributed by atoms with Gasteiger partial charge in [0.2, 0.25) is 0 Å². The van der Waals surface area contributed by atoms with E-state index in [-0.39, 0.29) is 24.0 Å². The average molecular weight is 393 g/mol. The van der Waals surface area contributed by atoms with Gasteiger partial charge in [-0.25, -0.2) is 0 Å². The highest BCUT2D eigenvalue weighted by molar-refractivity contribution is 14.0. The Morgan fingerprint density at radius 2 is 1.90 bits per heavy atom. The number of guanidine groups is 1. The molecule has 0 atom stereocenters. The molecule has 2 N–H and O–H groups in total. The van der Waals surface area contributed by atoms with Crippen LogP contribution in [0, 0.1) is 13.8 Å². The fourth-order valence-corrected chi connectivity index (χ4v) is 2.09. The molecule has 0 saturated heterocycles. The van der Waals surface area contributed by atoms with Gasteiger partial charge in [-0.05, 0) is 32.3 Å². The van der Waals surface area contributed by atoms with E-state index < -0.39 is 0 Å². The molecule has 5 nitrogen and oxygen atoms in total. The van der Waals surface area contributed by atoms with E-state index in [4.69, 9.17) is 0 Å². The van der Waals surface area contributed by atoms with Gasteiger partial charge in [0.1, 0.15) is 0 Å². The van der Waals surface area contributed by atoms with E-state index in [1.54, 1.807) is 0 Å². The number of aliphatic imine (C=N–C) groups is 1.